The van der Waals surface area contributed by atoms with Crippen LogP contribution in [-0.4, -0.2) is 68.9 Å². The monoisotopic (exact) mass is 419 g/mol. The van der Waals surface area contributed by atoms with Crippen LogP contribution in [0.5, 0.6) is 0 Å². The van der Waals surface area contributed by atoms with Crippen molar-refractivity contribution < 1.29 is 4.79 Å². The van der Waals surface area contributed by atoms with Gasteiger partial charge in [-0.3, -0.25) is 14.5 Å². The van der Waals surface area contributed by atoms with E-state index < -0.39 is 0 Å². The number of thiazole rings is 1. The van der Waals surface area contributed by atoms with E-state index in [0.29, 0.717) is 13.0 Å². The van der Waals surface area contributed by atoms with Crippen LogP contribution in [0.15, 0.2) is 17.1 Å². The van der Waals surface area contributed by atoms with Gasteiger partial charge in [0.25, 0.3) is 5.56 Å². The molecule has 0 atom stereocenters. The van der Waals surface area contributed by atoms with Gasteiger partial charge in [-0.2, -0.15) is 16.9 Å². The van der Waals surface area contributed by atoms with E-state index in [1.165, 1.54) is 0 Å². The first-order valence-corrected chi connectivity index (χ1v) is 11.6. The first-order chi connectivity index (χ1) is 13.6. The van der Waals surface area contributed by atoms with E-state index in [-0.39, 0.29) is 11.5 Å². The fourth-order valence-electron chi connectivity index (χ4n) is 3.62. The minimum absolute atomic E-state index is 0.00471. The lowest BCUT2D eigenvalue weighted by atomic mass is 10.2. The standard InChI is InChI=1S/C19H25N5O2S2/c1-14-20-12-16(28-14)11-18(25)23-6-3-22(4-7-23)5-8-24-19(26)10-15-13-27-9-2-17(15)21-24/h10,12H,2-9,11,13H2,1H3. The first kappa shape index (κ1) is 19.6. The molecule has 7 nitrogen and oxygen atoms in total. The van der Waals surface area contributed by atoms with Gasteiger partial charge in [-0.05, 0) is 18.2 Å². The quantitative estimate of drug-likeness (QED) is 0.725. The molecular weight excluding hydrogens is 394 g/mol. The summed E-state index contributed by atoms with van der Waals surface area (Å²) in [6.07, 6.45) is 3.19. The predicted molar refractivity (Wildman–Crippen MR) is 112 cm³/mol. The van der Waals surface area contributed by atoms with E-state index in [1.54, 1.807) is 28.3 Å². The summed E-state index contributed by atoms with van der Waals surface area (Å²) in [5.74, 6) is 2.15. The first-order valence-electron chi connectivity index (χ1n) is 9.67. The third-order valence-corrected chi connectivity index (χ3v) is 7.17. The number of hydrogen-bond acceptors (Lipinski definition) is 7. The summed E-state index contributed by atoms with van der Waals surface area (Å²) in [7, 11) is 0. The van der Waals surface area contributed by atoms with Gasteiger partial charge in [-0.15, -0.1) is 11.3 Å². The zero-order valence-electron chi connectivity index (χ0n) is 16.1. The SMILES string of the molecule is Cc1ncc(CC(=O)N2CCN(CCn3nc4c(cc3=O)CSCC4)CC2)s1. The number of rotatable bonds is 5. The molecule has 28 heavy (non-hydrogen) atoms. The molecule has 2 aromatic heterocycles. The molecule has 0 aliphatic carbocycles. The molecule has 2 aliphatic rings. The van der Waals surface area contributed by atoms with E-state index in [1.807, 2.05) is 23.6 Å². The molecule has 0 bridgehead atoms. The zero-order valence-corrected chi connectivity index (χ0v) is 17.7. The van der Waals surface area contributed by atoms with Gasteiger partial charge >= 0.3 is 0 Å². The number of amides is 1. The Morgan fingerprint density at radius 2 is 2.04 bits per heavy atom. The second kappa shape index (κ2) is 8.75. The maximum atomic E-state index is 12.5. The lowest BCUT2D eigenvalue weighted by molar-refractivity contribution is -0.132. The molecule has 2 aliphatic heterocycles. The van der Waals surface area contributed by atoms with Crippen molar-refractivity contribution in [1.82, 2.24) is 24.6 Å². The number of nitrogens with zero attached hydrogens (tertiary/aromatic N) is 5. The number of aryl methyl sites for hydroxylation is 2. The van der Waals surface area contributed by atoms with Crippen molar-refractivity contribution in [2.75, 3.05) is 38.5 Å². The number of carbonyl (C=O) groups is 1. The number of fused-ring (bicyclic) bond motifs is 1. The number of piperazine rings is 1. The van der Waals surface area contributed by atoms with E-state index in [0.717, 1.165) is 71.8 Å². The molecule has 0 N–H and O–H groups in total. The third kappa shape index (κ3) is 4.64. The smallest absolute Gasteiger partial charge is 0.267 e. The number of aromatic nitrogens is 3. The Morgan fingerprint density at radius 1 is 1.21 bits per heavy atom. The van der Waals surface area contributed by atoms with Crippen molar-refractivity contribution in [2.24, 2.45) is 0 Å². The van der Waals surface area contributed by atoms with Crippen LogP contribution in [-0.2, 0) is 29.9 Å². The van der Waals surface area contributed by atoms with Crippen LogP contribution in [0.25, 0.3) is 0 Å². The van der Waals surface area contributed by atoms with Crippen molar-refractivity contribution in [3.63, 3.8) is 0 Å². The summed E-state index contributed by atoms with van der Waals surface area (Å²) in [6, 6.07) is 1.76. The molecule has 4 heterocycles. The zero-order chi connectivity index (χ0) is 19.5. The Hall–Kier alpha value is -1.71. The lowest BCUT2D eigenvalue weighted by Gasteiger charge is -2.34. The lowest BCUT2D eigenvalue weighted by Crippen LogP contribution is -2.50. The molecule has 0 aromatic carbocycles. The van der Waals surface area contributed by atoms with Gasteiger partial charge in [0.15, 0.2) is 0 Å². The van der Waals surface area contributed by atoms with E-state index >= 15 is 0 Å². The van der Waals surface area contributed by atoms with Crippen LogP contribution in [0.1, 0.15) is 21.1 Å². The second-order valence-corrected chi connectivity index (χ2v) is 9.65. The maximum Gasteiger partial charge on any atom is 0.267 e. The Bertz CT molecular complexity index is 902. The topological polar surface area (TPSA) is 71.3 Å². The van der Waals surface area contributed by atoms with Crippen molar-refractivity contribution in [2.45, 2.75) is 32.1 Å². The molecular formula is C19H25N5O2S2. The minimum Gasteiger partial charge on any atom is -0.340 e. The number of carbonyl (C=O) groups excluding carboxylic acids is 1. The molecule has 9 heteroatoms. The highest BCUT2D eigenvalue weighted by Gasteiger charge is 2.22. The highest BCUT2D eigenvalue weighted by Crippen LogP contribution is 2.21. The summed E-state index contributed by atoms with van der Waals surface area (Å²) in [5, 5.41) is 5.58. The Labute approximate surface area is 172 Å². The normalized spacial score (nSPS) is 17.5. The Balaban J connectivity index is 1.27. The largest absolute Gasteiger partial charge is 0.340 e. The minimum atomic E-state index is -0.00471. The number of hydrogen-bond donors (Lipinski definition) is 0. The second-order valence-electron chi connectivity index (χ2n) is 7.23. The fourth-order valence-corrected chi connectivity index (χ4v) is 5.36. The van der Waals surface area contributed by atoms with Gasteiger partial charge in [0, 0.05) is 62.0 Å². The summed E-state index contributed by atoms with van der Waals surface area (Å²) >= 11 is 3.45. The molecule has 2 aromatic rings. The summed E-state index contributed by atoms with van der Waals surface area (Å²) in [4.78, 5) is 34.3. The number of thioether (sulfide) groups is 1. The van der Waals surface area contributed by atoms with Crippen molar-refractivity contribution in [1.29, 1.82) is 0 Å². The molecule has 0 spiro atoms. The van der Waals surface area contributed by atoms with Crippen molar-refractivity contribution >= 4 is 29.0 Å². The average Bonchev–Trinajstić information content (AvgIpc) is 3.11. The molecule has 1 saturated heterocycles. The summed E-state index contributed by atoms with van der Waals surface area (Å²) in [6.45, 7) is 6.50. The predicted octanol–water partition coefficient (Wildman–Crippen LogP) is 1.18. The summed E-state index contributed by atoms with van der Waals surface area (Å²) in [5.41, 5.74) is 2.17. The molecule has 1 fully saturated rings. The fraction of sp³-hybridized carbons (Fsp3) is 0.579. The van der Waals surface area contributed by atoms with Crippen LogP contribution in [0.4, 0.5) is 0 Å². The van der Waals surface area contributed by atoms with E-state index in [4.69, 9.17) is 0 Å². The molecule has 0 unspecified atom stereocenters. The van der Waals surface area contributed by atoms with Crippen LogP contribution >= 0.6 is 23.1 Å². The highest BCUT2D eigenvalue weighted by molar-refractivity contribution is 7.98. The molecule has 1 amide bonds. The Morgan fingerprint density at radius 3 is 2.79 bits per heavy atom. The maximum absolute atomic E-state index is 12.5. The van der Waals surface area contributed by atoms with Gasteiger partial charge in [0.05, 0.1) is 23.7 Å². The molecule has 4 rings (SSSR count). The third-order valence-electron chi connectivity index (χ3n) is 5.25. The average molecular weight is 420 g/mol. The van der Waals surface area contributed by atoms with Crippen molar-refractivity contribution in [3.05, 3.63) is 43.8 Å². The molecule has 0 radical (unpaired) electrons. The van der Waals surface area contributed by atoms with Gasteiger partial charge in [-0.25, -0.2) is 9.67 Å². The summed E-state index contributed by atoms with van der Waals surface area (Å²) < 4.78 is 1.61. The van der Waals surface area contributed by atoms with Crippen LogP contribution < -0.4 is 5.56 Å². The van der Waals surface area contributed by atoms with E-state index in [9.17, 15) is 9.59 Å². The van der Waals surface area contributed by atoms with E-state index in [2.05, 4.69) is 15.0 Å². The van der Waals surface area contributed by atoms with Crippen LogP contribution in [0.3, 0.4) is 0 Å². The van der Waals surface area contributed by atoms with Gasteiger partial charge in [0.2, 0.25) is 5.91 Å². The molecule has 150 valence electrons. The van der Waals surface area contributed by atoms with Gasteiger partial charge in [-0.1, -0.05) is 0 Å². The highest BCUT2D eigenvalue weighted by atomic mass is 32.2. The van der Waals surface area contributed by atoms with Gasteiger partial charge in [0.1, 0.15) is 0 Å². The van der Waals surface area contributed by atoms with Gasteiger partial charge < -0.3 is 4.90 Å². The Kier molecular flexibility index (Phi) is 6.13. The van der Waals surface area contributed by atoms with Crippen LogP contribution in [0.2, 0.25) is 0 Å². The van der Waals surface area contributed by atoms with Crippen LogP contribution in [0, 0.1) is 6.92 Å². The molecule has 0 saturated carbocycles. The van der Waals surface area contributed by atoms with Crippen molar-refractivity contribution in [3.8, 4) is 0 Å².